The zero-order chi connectivity index (χ0) is 21.8. The summed E-state index contributed by atoms with van der Waals surface area (Å²) >= 11 is 6.19. The van der Waals surface area contributed by atoms with Gasteiger partial charge in [-0.2, -0.15) is 10.1 Å². The predicted octanol–water partition coefficient (Wildman–Crippen LogP) is 2.92. The number of nitrogens with zero attached hydrogens (tertiary/aromatic N) is 3. The number of aromatic nitrogens is 3. The molecule has 160 valence electrons. The first-order valence-electron chi connectivity index (χ1n) is 9.75. The van der Waals surface area contributed by atoms with E-state index in [9.17, 15) is 13.2 Å². The molecule has 2 aliphatic heterocycles. The molecule has 1 N–H and O–H groups in total. The SMILES string of the molecule is COc1ccc(-c2nn3c(nc2=O)-c2cc(Cl)ccc2N[C@]32CCCS(=O)(=O)C2)cc1. The molecule has 3 aromatic rings. The van der Waals surface area contributed by atoms with E-state index < -0.39 is 21.1 Å². The van der Waals surface area contributed by atoms with Crippen molar-refractivity contribution in [2.24, 2.45) is 0 Å². The van der Waals surface area contributed by atoms with Crippen molar-refractivity contribution in [3.63, 3.8) is 0 Å². The lowest BCUT2D eigenvalue weighted by molar-refractivity contribution is 0.290. The fraction of sp³-hybridized carbons (Fsp3) is 0.286. The highest BCUT2D eigenvalue weighted by atomic mass is 35.5. The van der Waals surface area contributed by atoms with Gasteiger partial charge in [-0.3, -0.25) is 4.79 Å². The van der Waals surface area contributed by atoms with Gasteiger partial charge in [0.2, 0.25) is 0 Å². The van der Waals surface area contributed by atoms with E-state index >= 15 is 0 Å². The molecule has 0 aliphatic carbocycles. The van der Waals surface area contributed by atoms with Crippen molar-refractivity contribution in [3.8, 4) is 28.4 Å². The lowest BCUT2D eigenvalue weighted by Crippen LogP contribution is -2.54. The predicted molar refractivity (Wildman–Crippen MR) is 118 cm³/mol. The van der Waals surface area contributed by atoms with Crippen molar-refractivity contribution in [1.82, 2.24) is 14.8 Å². The number of fused-ring (bicyclic) bond motifs is 4. The molecule has 0 amide bonds. The molecule has 1 fully saturated rings. The van der Waals surface area contributed by atoms with Crippen LogP contribution in [0.15, 0.2) is 47.3 Å². The molecule has 10 heteroatoms. The molecule has 0 saturated carbocycles. The van der Waals surface area contributed by atoms with Crippen molar-refractivity contribution in [3.05, 3.63) is 57.8 Å². The topological polar surface area (TPSA) is 103 Å². The van der Waals surface area contributed by atoms with Crippen molar-refractivity contribution in [2.75, 3.05) is 23.9 Å². The van der Waals surface area contributed by atoms with E-state index in [-0.39, 0.29) is 17.2 Å². The molecule has 0 radical (unpaired) electrons. The van der Waals surface area contributed by atoms with E-state index in [0.29, 0.717) is 46.3 Å². The molecule has 0 unspecified atom stereocenters. The average Bonchev–Trinajstić information content (AvgIpc) is 2.73. The minimum atomic E-state index is -3.31. The van der Waals surface area contributed by atoms with E-state index in [1.54, 1.807) is 54.3 Å². The molecular weight excluding hydrogens is 440 g/mol. The van der Waals surface area contributed by atoms with Crippen LogP contribution in [-0.4, -0.2) is 41.8 Å². The Bertz CT molecular complexity index is 1350. The summed E-state index contributed by atoms with van der Waals surface area (Å²) in [5.41, 5.74) is 0.451. The van der Waals surface area contributed by atoms with Crippen LogP contribution in [0.2, 0.25) is 5.02 Å². The van der Waals surface area contributed by atoms with Crippen LogP contribution in [0, 0.1) is 0 Å². The van der Waals surface area contributed by atoms with E-state index in [2.05, 4.69) is 15.4 Å². The maximum absolute atomic E-state index is 12.9. The molecule has 1 spiro atoms. The van der Waals surface area contributed by atoms with Crippen molar-refractivity contribution < 1.29 is 13.2 Å². The maximum Gasteiger partial charge on any atom is 0.300 e. The lowest BCUT2D eigenvalue weighted by Gasteiger charge is -2.43. The molecule has 5 rings (SSSR count). The molecule has 1 atom stereocenters. The van der Waals surface area contributed by atoms with Crippen LogP contribution in [0.3, 0.4) is 0 Å². The number of hydrogen-bond donors (Lipinski definition) is 1. The quantitative estimate of drug-likeness (QED) is 0.629. The molecule has 0 bridgehead atoms. The third kappa shape index (κ3) is 3.37. The summed E-state index contributed by atoms with van der Waals surface area (Å²) in [6, 6.07) is 12.1. The van der Waals surface area contributed by atoms with Crippen LogP contribution in [0.25, 0.3) is 22.6 Å². The molecular formula is C21H19ClN4O4S. The zero-order valence-corrected chi connectivity index (χ0v) is 18.2. The first-order chi connectivity index (χ1) is 14.8. The van der Waals surface area contributed by atoms with Gasteiger partial charge in [-0.05, 0) is 55.3 Å². The van der Waals surface area contributed by atoms with Gasteiger partial charge >= 0.3 is 0 Å². The largest absolute Gasteiger partial charge is 0.497 e. The Labute approximate surface area is 183 Å². The first-order valence-corrected chi connectivity index (χ1v) is 12.0. The van der Waals surface area contributed by atoms with Gasteiger partial charge in [0.15, 0.2) is 21.4 Å². The molecule has 2 aliphatic rings. The van der Waals surface area contributed by atoms with Crippen molar-refractivity contribution >= 4 is 27.1 Å². The monoisotopic (exact) mass is 458 g/mol. The average molecular weight is 459 g/mol. The number of methoxy groups -OCH3 is 1. The summed E-state index contributed by atoms with van der Waals surface area (Å²) in [5, 5.41) is 8.49. The number of ether oxygens (including phenoxy) is 1. The molecule has 2 aromatic carbocycles. The number of rotatable bonds is 2. The van der Waals surface area contributed by atoms with Gasteiger partial charge in [-0.25, -0.2) is 13.1 Å². The molecule has 1 saturated heterocycles. The first kappa shape index (κ1) is 20.0. The highest BCUT2D eigenvalue weighted by molar-refractivity contribution is 7.91. The summed E-state index contributed by atoms with van der Waals surface area (Å²) in [5.74, 6) is 0.929. The smallest absolute Gasteiger partial charge is 0.300 e. The van der Waals surface area contributed by atoms with Crippen LogP contribution >= 0.6 is 11.6 Å². The molecule has 31 heavy (non-hydrogen) atoms. The normalized spacial score (nSPS) is 21.1. The number of nitrogens with one attached hydrogen (secondary N) is 1. The van der Waals surface area contributed by atoms with Crippen LogP contribution in [-0.2, 0) is 15.5 Å². The van der Waals surface area contributed by atoms with Gasteiger partial charge in [-0.1, -0.05) is 11.6 Å². The van der Waals surface area contributed by atoms with Crippen LogP contribution in [0.5, 0.6) is 5.75 Å². The Hall–Kier alpha value is -2.91. The Kier molecular flexibility index (Phi) is 4.56. The van der Waals surface area contributed by atoms with Crippen molar-refractivity contribution in [2.45, 2.75) is 18.5 Å². The van der Waals surface area contributed by atoms with Gasteiger partial charge in [0, 0.05) is 21.8 Å². The zero-order valence-electron chi connectivity index (χ0n) is 16.6. The third-order valence-electron chi connectivity index (χ3n) is 5.67. The minimum absolute atomic E-state index is 0.123. The van der Waals surface area contributed by atoms with Gasteiger partial charge in [0.05, 0.1) is 18.6 Å². The van der Waals surface area contributed by atoms with Gasteiger partial charge in [0.25, 0.3) is 5.56 Å². The summed E-state index contributed by atoms with van der Waals surface area (Å²) in [6.07, 6.45) is 1.00. The minimum Gasteiger partial charge on any atom is -0.497 e. The number of halogens is 1. The fourth-order valence-corrected chi connectivity index (χ4v) is 6.23. The van der Waals surface area contributed by atoms with Gasteiger partial charge in [-0.15, -0.1) is 0 Å². The second-order valence-electron chi connectivity index (χ2n) is 7.77. The summed E-state index contributed by atoms with van der Waals surface area (Å²) in [4.78, 5) is 17.3. The van der Waals surface area contributed by atoms with Gasteiger partial charge in [0.1, 0.15) is 11.4 Å². The van der Waals surface area contributed by atoms with Gasteiger partial charge < -0.3 is 10.1 Å². The number of hydrogen-bond acceptors (Lipinski definition) is 7. The lowest BCUT2D eigenvalue weighted by atomic mass is 9.99. The Morgan fingerprint density at radius 2 is 1.97 bits per heavy atom. The second kappa shape index (κ2) is 7.06. The number of sulfone groups is 1. The highest BCUT2D eigenvalue weighted by Crippen LogP contribution is 2.42. The maximum atomic E-state index is 12.9. The molecule has 3 heterocycles. The Balaban J connectivity index is 1.76. The standard InChI is InChI=1S/C21H19ClN4O4S/c1-30-15-6-3-13(4-7-15)18-20(27)23-19-16-11-14(22)5-8-17(16)24-21(26(19)25-18)9-2-10-31(28,29)12-21/h3-8,11,24H,2,9-10,12H2,1H3/t21-/m1/s1. The second-order valence-corrected chi connectivity index (χ2v) is 10.4. The summed E-state index contributed by atoms with van der Waals surface area (Å²) in [6.45, 7) is 0. The molecule has 1 aromatic heterocycles. The fourth-order valence-electron chi connectivity index (χ4n) is 4.26. The van der Waals surface area contributed by atoms with Crippen LogP contribution in [0.1, 0.15) is 12.8 Å². The van der Waals surface area contributed by atoms with Crippen LogP contribution < -0.4 is 15.6 Å². The van der Waals surface area contributed by atoms with Crippen LogP contribution in [0.4, 0.5) is 5.69 Å². The number of anilines is 1. The van der Waals surface area contributed by atoms with E-state index in [0.717, 1.165) is 0 Å². The summed E-state index contributed by atoms with van der Waals surface area (Å²) < 4.78 is 31.9. The van der Waals surface area contributed by atoms with E-state index in [4.69, 9.17) is 16.3 Å². The molecule has 8 nitrogen and oxygen atoms in total. The van der Waals surface area contributed by atoms with Crippen molar-refractivity contribution in [1.29, 1.82) is 0 Å². The van der Waals surface area contributed by atoms with E-state index in [1.165, 1.54) is 0 Å². The third-order valence-corrected chi connectivity index (χ3v) is 7.74. The van der Waals surface area contributed by atoms with E-state index in [1.807, 2.05) is 0 Å². The number of benzene rings is 2. The Morgan fingerprint density at radius 1 is 1.19 bits per heavy atom. The Morgan fingerprint density at radius 3 is 2.68 bits per heavy atom. The summed E-state index contributed by atoms with van der Waals surface area (Å²) in [7, 11) is -1.75. The highest BCUT2D eigenvalue weighted by Gasteiger charge is 2.46.